The zero-order valence-electron chi connectivity index (χ0n) is 17.3. The van der Waals surface area contributed by atoms with Crippen LogP contribution in [0.3, 0.4) is 0 Å². The van der Waals surface area contributed by atoms with Gasteiger partial charge in [0.25, 0.3) is 0 Å². The van der Waals surface area contributed by atoms with Crippen molar-refractivity contribution < 1.29 is 18.6 Å². The zero-order valence-corrected chi connectivity index (χ0v) is 18.7. The zero-order chi connectivity index (χ0) is 20.1. The van der Waals surface area contributed by atoms with Crippen LogP contribution in [0.15, 0.2) is 97.1 Å². The van der Waals surface area contributed by atoms with Crippen LogP contribution < -0.4 is 4.90 Å². The van der Waals surface area contributed by atoms with Crippen LogP contribution in [0.5, 0.6) is 0 Å². The molecular weight excluding hydrogens is 401 g/mol. The normalized spacial score (nSPS) is 10.6. The second kappa shape index (κ2) is 10.2. The van der Waals surface area contributed by atoms with E-state index in [0.717, 1.165) is 17.1 Å². The molecule has 0 heterocycles. The van der Waals surface area contributed by atoms with E-state index >= 15 is 0 Å². The molecule has 0 N–H and O–H groups in total. The SMILES string of the molecule is Cc1ccc(N(c2ccc(C)cc2)c2ccc(/C=C/c3cc[c-]cc3)cc2)cc1.[V]. The van der Waals surface area contributed by atoms with Gasteiger partial charge in [-0.2, -0.15) is 30.3 Å². The van der Waals surface area contributed by atoms with E-state index in [1.807, 2.05) is 12.1 Å². The summed E-state index contributed by atoms with van der Waals surface area (Å²) >= 11 is 0. The predicted octanol–water partition coefficient (Wildman–Crippen LogP) is 7.74. The van der Waals surface area contributed by atoms with Crippen molar-refractivity contribution in [3.8, 4) is 0 Å². The molecule has 4 rings (SSSR count). The first-order valence-electron chi connectivity index (χ1n) is 9.87. The van der Waals surface area contributed by atoms with E-state index in [1.165, 1.54) is 22.3 Å². The van der Waals surface area contributed by atoms with E-state index in [-0.39, 0.29) is 18.6 Å². The van der Waals surface area contributed by atoms with Gasteiger partial charge in [0, 0.05) is 35.6 Å². The monoisotopic (exact) mass is 425 g/mol. The largest absolute Gasteiger partial charge is 0.311 e. The summed E-state index contributed by atoms with van der Waals surface area (Å²) in [4.78, 5) is 2.29. The van der Waals surface area contributed by atoms with Gasteiger partial charge in [-0.3, -0.25) is 0 Å². The van der Waals surface area contributed by atoms with Crippen molar-refractivity contribution in [2.24, 2.45) is 0 Å². The molecule has 4 aromatic rings. The van der Waals surface area contributed by atoms with Crippen molar-refractivity contribution in [3.63, 3.8) is 0 Å². The van der Waals surface area contributed by atoms with E-state index in [4.69, 9.17) is 0 Å². The molecule has 0 bridgehead atoms. The van der Waals surface area contributed by atoms with Crippen LogP contribution >= 0.6 is 0 Å². The Bertz CT molecular complexity index is 1030. The van der Waals surface area contributed by atoms with Crippen LogP contribution in [0.25, 0.3) is 12.2 Å². The topological polar surface area (TPSA) is 3.24 Å². The van der Waals surface area contributed by atoms with Crippen molar-refractivity contribution in [2.75, 3.05) is 4.90 Å². The third-order valence-electron chi connectivity index (χ3n) is 4.95. The molecule has 30 heavy (non-hydrogen) atoms. The minimum absolute atomic E-state index is 0. The van der Waals surface area contributed by atoms with Crippen molar-refractivity contribution in [1.82, 2.24) is 0 Å². The summed E-state index contributed by atoms with van der Waals surface area (Å²) in [5.41, 5.74) is 8.33. The second-order valence-electron chi connectivity index (χ2n) is 7.26. The minimum atomic E-state index is 0. The first kappa shape index (κ1) is 21.7. The van der Waals surface area contributed by atoms with Gasteiger partial charge in [-0.25, -0.2) is 0 Å². The number of anilines is 3. The molecule has 1 nitrogen and oxygen atoms in total. The molecule has 2 heteroatoms. The van der Waals surface area contributed by atoms with E-state index in [2.05, 4.69) is 122 Å². The molecule has 0 atom stereocenters. The molecular formula is C28H24NV-. The van der Waals surface area contributed by atoms with Gasteiger partial charge in [0.1, 0.15) is 0 Å². The number of hydrogen-bond donors (Lipinski definition) is 0. The summed E-state index contributed by atoms with van der Waals surface area (Å²) in [6, 6.07) is 37.1. The predicted molar refractivity (Wildman–Crippen MR) is 125 cm³/mol. The molecule has 1 radical (unpaired) electrons. The van der Waals surface area contributed by atoms with Gasteiger partial charge in [-0.05, 0) is 55.8 Å². The van der Waals surface area contributed by atoms with Crippen LogP contribution in [0, 0.1) is 19.9 Å². The fraction of sp³-hybridized carbons (Fsp3) is 0.0714. The Labute approximate surface area is 191 Å². The number of aryl methyl sites for hydroxylation is 2. The number of hydrogen-bond acceptors (Lipinski definition) is 1. The van der Waals surface area contributed by atoms with E-state index in [1.54, 1.807) is 0 Å². The Kier molecular flexibility index (Phi) is 7.35. The molecule has 0 amide bonds. The Morgan fingerprint density at radius 1 is 0.533 bits per heavy atom. The molecule has 0 unspecified atom stereocenters. The number of benzene rings is 4. The van der Waals surface area contributed by atoms with E-state index < -0.39 is 0 Å². The molecule has 0 aliphatic rings. The summed E-state index contributed by atoms with van der Waals surface area (Å²) in [5, 5.41) is 0. The maximum absolute atomic E-state index is 3.05. The van der Waals surface area contributed by atoms with Crippen LogP contribution in [-0.2, 0) is 18.6 Å². The second-order valence-corrected chi connectivity index (χ2v) is 7.26. The van der Waals surface area contributed by atoms with Gasteiger partial charge in [0.15, 0.2) is 0 Å². The van der Waals surface area contributed by atoms with Crippen molar-refractivity contribution in [1.29, 1.82) is 0 Å². The molecule has 0 saturated carbocycles. The quantitative estimate of drug-likeness (QED) is 0.233. The number of nitrogens with zero attached hydrogens (tertiary/aromatic N) is 1. The summed E-state index contributed by atoms with van der Waals surface area (Å²) < 4.78 is 0. The van der Waals surface area contributed by atoms with Crippen LogP contribution in [0.2, 0.25) is 0 Å². The van der Waals surface area contributed by atoms with Crippen LogP contribution in [0.4, 0.5) is 17.1 Å². The van der Waals surface area contributed by atoms with Crippen molar-refractivity contribution >= 4 is 29.2 Å². The Balaban J connectivity index is 0.00000256. The average Bonchev–Trinajstić information content (AvgIpc) is 2.77. The van der Waals surface area contributed by atoms with Gasteiger partial charge in [0.05, 0.1) is 0 Å². The summed E-state index contributed by atoms with van der Waals surface area (Å²) in [5.74, 6) is 0. The first-order valence-corrected chi connectivity index (χ1v) is 9.87. The van der Waals surface area contributed by atoms with Crippen molar-refractivity contribution in [2.45, 2.75) is 13.8 Å². The standard InChI is InChI=1S/C28H24N.V/c1-22-8-16-26(17-9-22)29(27-18-10-23(2)11-19-27)28-20-14-25(15-21-28)13-12-24-6-4-3-5-7-24;/h4-21H,1-2H3;/q-1;/b13-12+;. The third-order valence-corrected chi connectivity index (χ3v) is 4.95. The Morgan fingerprint density at radius 3 is 1.33 bits per heavy atom. The fourth-order valence-electron chi connectivity index (χ4n) is 3.27. The van der Waals surface area contributed by atoms with Crippen molar-refractivity contribution in [3.05, 3.63) is 125 Å². The smallest absolute Gasteiger partial charge is 0.0462 e. The summed E-state index contributed by atoms with van der Waals surface area (Å²) in [6.07, 6.45) is 4.27. The average molecular weight is 425 g/mol. The molecule has 0 aromatic heterocycles. The fourth-order valence-corrected chi connectivity index (χ4v) is 3.27. The Morgan fingerprint density at radius 2 is 0.900 bits per heavy atom. The molecule has 0 spiro atoms. The van der Waals surface area contributed by atoms with Crippen LogP contribution in [-0.4, -0.2) is 0 Å². The summed E-state index contributed by atoms with van der Waals surface area (Å²) in [6.45, 7) is 4.23. The third kappa shape index (κ3) is 5.33. The van der Waals surface area contributed by atoms with Gasteiger partial charge in [-0.1, -0.05) is 59.7 Å². The molecule has 0 aliphatic carbocycles. The minimum Gasteiger partial charge on any atom is -0.311 e. The maximum Gasteiger partial charge on any atom is 0.0462 e. The first-order chi connectivity index (χ1) is 14.2. The van der Waals surface area contributed by atoms with Gasteiger partial charge >= 0.3 is 0 Å². The van der Waals surface area contributed by atoms with Gasteiger partial charge in [-0.15, -0.1) is 5.56 Å². The van der Waals surface area contributed by atoms with E-state index in [0.29, 0.717) is 0 Å². The Hall–Kier alpha value is -3.00. The van der Waals surface area contributed by atoms with Gasteiger partial charge < -0.3 is 4.90 Å². The number of rotatable bonds is 5. The van der Waals surface area contributed by atoms with Crippen LogP contribution in [0.1, 0.15) is 22.3 Å². The summed E-state index contributed by atoms with van der Waals surface area (Å²) in [7, 11) is 0. The molecule has 0 aliphatic heterocycles. The molecule has 0 fully saturated rings. The molecule has 147 valence electrons. The van der Waals surface area contributed by atoms with Gasteiger partial charge in [0.2, 0.25) is 0 Å². The molecule has 0 saturated heterocycles. The maximum atomic E-state index is 3.05. The van der Waals surface area contributed by atoms with E-state index in [9.17, 15) is 0 Å². The molecule has 4 aromatic carbocycles.